The second kappa shape index (κ2) is 5.90. The lowest BCUT2D eigenvalue weighted by atomic mass is 10.2. The number of methoxy groups -OCH3 is 1. The number of nitro benzene ring substituents is 1. The first-order chi connectivity index (χ1) is 10.7. The van der Waals surface area contributed by atoms with Crippen molar-refractivity contribution in [3.8, 4) is 26.9 Å². The van der Waals surface area contributed by atoms with E-state index in [1.54, 1.807) is 18.2 Å². The van der Waals surface area contributed by atoms with Crippen molar-refractivity contribution in [2.75, 3.05) is 7.11 Å². The van der Waals surface area contributed by atoms with E-state index >= 15 is 0 Å². The lowest BCUT2D eigenvalue weighted by Crippen LogP contribution is -1.96. The summed E-state index contributed by atoms with van der Waals surface area (Å²) >= 11 is 1.31. The Morgan fingerprint density at radius 2 is 1.77 bits per heavy atom. The van der Waals surface area contributed by atoms with Crippen molar-refractivity contribution in [2.45, 2.75) is 0 Å². The van der Waals surface area contributed by atoms with Gasteiger partial charge in [-0.3, -0.25) is 10.1 Å². The molecule has 1 aromatic heterocycles. The standard InChI is InChI=1S/C15H11N3O3S/c1-21-12-9-5-8-11(13(12)18(19)20)15-17-16-14(22-15)10-6-3-2-4-7-10/h2-9H,1H3. The molecule has 0 aliphatic rings. The third-order valence-electron chi connectivity index (χ3n) is 3.08. The van der Waals surface area contributed by atoms with Gasteiger partial charge in [-0.05, 0) is 12.1 Å². The molecular weight excluding hydrogens is 302 g/mol. The van der Waals surface area contributed by atoms with Gasteiger partial charge in [0.05, 0.1) is 17.6 Å². The molecular formula is C15H11N3O3S. The maximum atomic E-state index is 11.3. The van der Waals surface area contributed by atoms with Crippen LogP contribution < -0.4 is 4.74 Å². The highest BCUT2D eigenvalue weighted by molar-refractivity contribution is 7.18. The fourth-order valence-electron chi connectivity index (χ4n) is 2.08. The van der Waals surface area contributed by atoms with Crippen molar-refractivity contribution in [1.29, 1.82) is 0 Å². The zero-order valence-corrected chi connectivity index (χ0v) is 12.4. The number of rotatable bonds is 4. The van der Waals surface area contributed by atoms with Crippen LogP contribution >= 0.6 is 11.3 Å². The van der Waals surface area contributed by atoms with Crippen LogP contribution in [-0.2, 0) is 0 Å². The monoisotopic (exact) mass is 313 g/mol. The molecule has 0 amide bonds. The summed E-state index contributed by atoms with van der Waals surface area (Å²) < 4.78 is 5.08. The number of aromatic nitrogens is 2. The third kappa shape index (κ3) is 2.53. The number of hydrogen-bond donors (Lipinski definition) is 0. The molecule has 0 aliphatic carbocycles. The minimum absolute atomic E-state index is 0.0965. The fourth-order valence-corrected chi connectivity index (χ4v) is 2.95. The van der Waals surface area contributed by atoms with E-state index in [1.165, 1.54) is 18.4 Å². The van der Waals surface area contributed by atoms with Crippen LogP contribution in [0.3, 0.4) is 0 Å². The fraction of sp³-hybridized carbons (Fsp3) is 0.0667. The SMILES string of the molecule is COc1cccc(-c2nnc(-c3ccccc3)s2)c1[N+](=O)[O-]. The Kier molecular flexibility index (Phi) is 3.80. The van der Waals surface area contributed by atoms with Crippen molar-refractivity contribution in [3.05, 3.63) is 58.6 Å². The number of ether oxygens (including phenoxy) is 1. The van der Waals surface area contributed by atoms with Crippen LogP contribution in [0.2, 0.25) is 0 Å². The molecule has 0 fully saturated rings. The van der Waals surface area contributed by atoms with Crippen molar-refractivity contribution in [3.63, 3.8) is 0 Å². The Hall–Kier alpha value is -2.80. The van der Waals surface area contributed by atoms with Crippen LogP contribution in [0.4, 0.5) is 5.69 Å². The molecule has 7 heteroatoms. The average molecular weight is 313 g/mol. The van der Waals surface area contributed by atoms with E-state index in [2.05, 4.69) is 10.2 Å². The van der Waals surface area contributed by atoms with Crippen molar-refractivity contribution in [2.24, 2.45) is 0 Å². The van der Waals surface area contributed by atoms with Crippen molar-refractivity contribution >= 4 is 17.0 Å². The molecule has 0 spiro atoms. The van der Waals surface area contributed by atoms with E-state index in [-0.39, 0.29) is 11.4 Å². The molecule has 2 aromatic carbocycles. The maximum absolute atomic E-state index is 11.3. The second-order valence-electron chi connectivity index (χ2n) is 4.39. The Bertz CT molecular complexity index is 818. The highest BCUT2D eigenvalue weighted by atomic mass is 32.1. The van der Waals surface area contributed by atoms with E-state index < -0.39 is 4.92 Å². The Morgan fingerprint density at radius 3 is 2.45 bits per heavy atom. The molecule has 0 atom stereocenters. The predicted molar refractivity (Wildman–Crippen MR) is 84.0 cm³/mol. The molecule has 0 bridgehead atoms. The van der Waals surface area contributed by atoms with Crippen molar-refractivity contribution in [1.82, 2.24) is 10.2 Å². The average Bonchev–Trinajstić information content (AvgIpc) is 3.04. The molecule has 0 saturated heterocycles. The third-order valence-corrected chi connectivity index (χ3v) is 4.08. The van der Waals surface area contributed by atoms with Gasteiger partial charge in [-0.2, -0.15) is 0 Å². The lowest BCUT2D eigenvalue weighted by Gasteiger charge is -2.04. The minimum atomic E-state index is -0.461. The summed E-state index contributed by atoms with van der Waals surface area (Å²) in [5.74, 6) is 0.207. The molecule has 0 unspecified atom stereocenters. The van der Waals surface area contributed by atoms with Gasteiger partial charge >= 0.3 is 5.69 Å². The highest BCUT2D eigenvalue weighted by Crippen LogP contribution is 2.39. The van der Waals surface area contributed by atoms with Gasteiger partial charge < -0.3 is 4.74 Å². The summed E-state index contributed by atoms with van der Waals surface area (Å²) in [6.07, 6.45) is 0. The Labute approximate surface area is 130 Å². The largest absolute Gasteiger partial charge is 0.490 e. The molecule has 110 valence electrons. The van der Waals surface area contributed by atoms with E-state index in [9.17, 15) is 10.1 Å². The Morgan fingerprint density at radius 1 is 1.05 bits per heavy atom. The van der Waals surface area contributed by atoms with E-state index in [0.717, 1.165) is 5.56 Å². The molecule has 6 nitrogen and oxygen atoms in total. The zero-order chi connectivity index (χ0) is 15.5. The molecule has 22 heavy (non-hydrogen) atoms. The van der Waals surface area contributed by atoms with Gasteiger partial charge in [0.15, 0.2) is 10.8 Å². The van der Waals surface area contributed by atoms with Gasteiger partial charge in [-0.25, -0.2) is 0 Å². The molecule has 3 aromatic rings. The first-order valence-electron chi connectivity index (χ1n) is 6.41. The summed E-state index contributed by atoms with van der Waals surface area (Å²) in [6, 6.07) is 14.5. The molecule has 0 N–H and O–H groups in total. The summed E-state index contributed by atoms with van der Waals surface area (Å²) in [4.78, 5) is 10.9. The number of para-hydroxylation sites is 1. The quantitative estimate of drug-likeness (QED) is 0.541. The number of nitrogens with zero attached hydrogens (tertiary/aromatic N) is 3. The maximum Gasteiger partial charge on any atom is 0.321 e. The van der Waals surface area contributed by atoms with Gasteiger partial charge in [0.2, 0.25) is 0 Å². The zero-order valence-electron chi connectivity index (χ0n) is 11.6. The van der Waals surface area contributed by atoms with Gasteiger partial charge in [0, 0.05) is 5.56 Å². The first-order valence-corrected chi connectivity index (χ1v) is 7.23. The topological polar surface area (TPSA) is 78.2 Å². The summed E-state index contributed by atoms with van der Waals surface area (Å²) in [7, 11) is 1.40. The number of benzene rings is 2. The van der Waals surface area contributed by atoms with E-state index in [1.807, 2.05) is 30.3 Å². The summed E-state index contributed by atoms with van der Waals surface area (Å²) in [5.41, 5.74) is 1.24. The molecule has 1 heterocycles. The van der Waals surface area contributed by atoms with E-state index in [0.29, 0.717) is 15.6 Å². The van der Waals surface area contributed by atoms with Gasteiger partial charge in [-0.15, -0.1) is 10.2 Å². The van der Waals surface area contributed by atoms with Crippen LogP contribution in [0.1, 0.15) is 0 Å². The van der Waals surface area contributed by atoms with Crippen LogP contribution in [0.25, 0.3) is 21.1 Å². The van der Waals surface area contributed by atoms with Crippen LogP contribution in [0.15, 0.2) is 48.5 Å². The Balaban J connectivity index is 2.10. The van der Waals surface area contributed by atoms with Crippen molar-refractivity contribution < 1.29 is 9.66 Å². The summed E-state index contributed by atoms with van der Waals surface area (Å²) in [5, 5.41) is 20.8. The molecule has 0 aliphatic heterocycles. The number of nitro groups is 1. The predicted octanol–water partition coefficient (Wildman–Crippen LogP) is 3.79. The first kappa shape index (κ1) is 14.2. The van der Waals surface area contributed by atoms with Gasteiger partial charge in [0.25, 0.3) is 0 Å². The van der Waals surface area contributed by atoms with E-state index in [4.69, 9.17) is 4.74 Å². The van der Waals surface area contributed by atoms with Gasteiger partial charge in [-0.1, -0.05) is 47.7 Å². The summed E-state index contributed by atoms with van der Waals surface area (Å²) in [6.45, 7) is 0. The van der Waals surface area contributed by atoms with Crippen LogP contribution in [0, 0.1) is 10.1 Å². The normalized spacial score (nSPS) is 10.4. The number of hydrogen-bond acceptors (Lipinski definition) is 6. The smallest absolute Gasteiger partial charge is 0.321 e. The molecule has 0 saturated carbocycles. The highest BCUT2D eigenvalue weighted by Gasteiger charge is 2.24. The molecule has 3 rings (SSSR count). The second-order valence-corrected chi connectivity index (χ2v) is 5.37. The van der Waals surface area contributed by atoms with Crippen LogP contribution in [0.5, 0.6) is 5.75 Å². The minimum Gasteiger partial charge on any atom is -0.490 e. The lowest BCUT2D eigenvalue weighted by molar-refractivity contribution is -0.385. The molecule has 0 radical (unpaired) electrons. The van der Waals surface area contributed by atoms with Crippen LogP contribution in [-0.4, -0.2) is 22.2 Å². The van der Waals surface area contributed by atoms with Gasteiger partial charge in [0.1, 0.15) is 5.01 Å².